The molecule has 2 N–H and O–H groups in total. The second-order valence-electron chi connectivity index (χ2n) is 3.72. The van der Waals surface area contributed by atoms with Gasteiger partial charge in [-0.15, -0.1) is 5.10 Å². The topological polar surface area (TPSA) is 105 Å². The van der Waals surface area contributed by atoms with Crippen LogP contribution in [0.15, 0.2) is 34.7 Å². The third-order valence-corrected chi connectivity index (χ3v) is 2.26. The number of carboxylic acids is 1. The second-order valence-corrected chi connectivity index (χ2v) is 3.72. The highest BCUT2D eigenvalue weighted by atomic mass is 16.4. The number of benzene rings is 1. The quantitative estimate of drug-likeness (QED) is 0.845. The maximum absolute atomic E-state index is 11.4. The van der Waals surface area contributed by atoms with Crippen molar-refractivity contribution < 1.29 is 19.1 Å². The van der Waals surface area contributed by atoms with Crippen LogP contribution in [0.2, 0.25) is 0 Å². The second kappa shape index (κ2) is 5.76. The van der Waals surface area contributed by atoms with Crippen molar-refractivity contribution in [2.75, 3.05) is 5.32 Å². The molecule has 0 fully saturated rings. The van der Waals surface area contributed by atoms with Crippen molar-refractivity contribution in [3.63, 3.8) is 0 Å². The van der Waals surface area contributed by atoms with E-state index in [4.69, 9.17) is 9.52 Å². The number of hydrogen-bond acceptors (Lipinski definition) is 5. The molecular weight excluding hydrogens is 250 g/mol. The van der Waals surface area contributed by atoms with Crippen LogP contribution in [0.5, 0.6) is 0 Å². The van der Waals surface area contributed by atoms with Crippen molar-refractivity contribution in [2.24, 2.45) is 0 Å². The Balaban J connectivity index is 1.98. The number of aliphatic carboxylic acids is 1. The van der Waals surface area contributed by atoms with Gasteiger partial charge >= 0.3 is 12.0 Å². The molecule has 7 nitrogen and oxygen atoms in total. The average molecular weight is 261 g/mol. The molecule has 7 heteroatoms. The lowest BCUT2D eigenvalue weighted by Gasteiger charge is -1.97. The Hall–Kier alpha value is -2.70. The Morgan fingerprint density at radius 2 is 1.89 bits per heavy atom. The summed E-state index contributed by atoms with van der Waals surface area (Å²) in [6.07, 6.45) is -0.385. The van der Waals surface area contributed by atoms with E-state index in [0.29, 0.717) is 0 Å². The van der Waals surface area contributed by atoms with Gasteiger partial charge in [-0.2, -0.15) is 0 Å². The highest BCUT2D eigenvalue weighted by Crippen LogP contribution is 2.19. The summed E-state index contributed by atoms with van der Waals surface area (Å²) in [4.78, 5) is 21.7. The highest BCUT2D eigenvalue weighted by molar-refractivity contribution is 5.90. The zero-order chi connectivity index (χ0) is 13.7. The van der Waals surface area contributed by atoms with E-state index in [1.807, 2.05) is 18.2 Å². The van der Waals surface area contributed by atoms with E-state index in [0.717, 1.165) is 5.56 Å². The van der Waals surface area contributed by atoms with Crippen LogP contribution >= 0.6 is 0 Å². The molecule has 0 bridgehead atoms. The van der Waals surface area contributed by atoms with Gasteiger partial charge in [0.05, 0.1) is 6.42 Å². The fraction of sp³-hybridized carbons (Fsp3) is 0.167. The molecule has 1 amide bonds. The molecule has 0 saturated heterocycles. The number of carboxylic acid groups (broad SMARTS) is 1. The third-order valence-electron chi connectivity index (χ3n) is 2.26. The first-order valence-corrected chi connectivity index (χ1v) is 5.56. The zero-order valence-electron chi connectivity index (χ0n) is 9.87. The monoisotopic (exact) mass is 261 g/mol. The molecule has 0 saturated carbocycles. The largest absolute Gasteiger partial charge is 0.481 e. The summed E-state index contributed by atoms with van der Waals surface area (Å²) in [5, 5.41) is 18.2. The smallest absolute Gasteiger partial charge is 0.322 e. The number of carbonyl (C=O) groups excluding carboxylic acids is 1. The maximum atomic E-state index is 11.4. The van der Waals surface area contributed by atoms with Gasteiger partial charge in [0.15, 0.2) is 0 Å². The molecule has 0 aliphatic heterocycles. The Bertz CT molecular complexity index is 580. The standard InChI is InChI=1S/C12H11N3O4/c16-9(6-7-10(17)18)13-12-15-14-11(19-12)8-4-2-1-3-5-8/h1-5H,6-7H2,(H,17,18)(H,13,15,16). The number of amides is 1. The minimum Gasteiger partial charge on any atom is -0.481 e. The van der Waals surface area contributed by atoms with Crippen molar-refractivity contribution in [1.29, 1.82) is 0 Å². The molecule has 98 valence electrons. The van der Waals surface area contributed by atoms with Gasteiger partial charge in [0, 0.05) is 12.0 Å². The maximum Gasteiger partial charge on any atom is 0.322 e. The van der Waals surface area contributed by atoms with Gasteiger partial charge < -0.3 is 9.52 Å². The molecule has 1 aromatic carbocycles. The minimum atomic E-state index is -1.04. The molecule has 0 spiro atoms. The third kappa shape index (κ3) is 3.63. The lowest BCUT2D eigenvalue weighted by Crippen LogP contribution is -2.13. The van der Waals surface area contributed by atoms with Crippen LogP contribution in [0.4, 0.5) is 6.01 Å². The molecule has 2 aromatic rings. The molecule has 19 heavy (non-hydrogen) atoms. The summed E-state index contributed by atoms with van der Waals surface area (Å²) >= 11 is 0. The summed E-state index contributed by atoms with van der Waals surface area (Å²) in [6, 6.07) is 9.05. The van der Waals surface area contributed by atoms with Crippen molar-refractivity contribution >= 4 is 17.9 Å². The molecule has 0 aliphatic rings. The van der Waals surface area contributed by atoms with Gasteiger partial charge in [-0.05, 0) is 12.1 Å². The fourth-order valence-electron chi connectivity index (χ4n) is 1.37. The van der Waals surface area contributed by atoms with Gasteiger partial charge in [0.2, 0.25) is 11.8 Å². The highest BCUT2D eigenvalue weighted by Gasteiger charge is 2.11. The summed E-state index contributed by atoms with van der Waals surface area (Å²) in [5.74, 6) is -1.23. The summed E-state index contributed by atoms with van der Waals surface area (Å²) in [6.45, 7) is 0. The van der Waals surface area contributed by atoms with E-state index in [1.165, 1.54) is 0 Å². The SMILES string of the molecule is O=C(O)CCC(=O)Nc1nnc(-c2ccccc2)o1. The number of aromatic nitrogens is 2. The van der Waals surface area contributed by atoms with Gasteiger partial charge in [0.1, 0.15) is 0 Å². The Morgan fingerprint density at radius 3 is 2.58 bits per heavy atom. The zero-order valence-corrected chi connectivity index (χ0v) is 9.87. The van der Waals surface area contributed by atoms with Gasteiger partial charge in [-0.1, -0.05) is 23.3 Å². The Kier molecular flexibility index (Phi) is 3.87. The van der Waals surface area contributed by atoms with Crippen LogP contribution in [0.25, 0.3) is 11.5 Å². The molecule has 1 heterocycles. The molecule has 0 unspecified atom stereocenters. The number of nitrogens with one attached hydrogen (secondary N) is 1. The first-order chi connectivity index (χ1) is 9.15. The van der Waals surface area contributed by atoms with Crippen LogP contribution in [-0.4, -0.2) is 27.2 Å². The van der Waals surface area contributed by atoms with Gasteiger partial charge in [-0.25, -0.2) is 0 Å². The number of anilines is 1. The lowest BCUT2D eigenvalue weighted by atomic mass is 10.2. The van der Waals surface area contributed by atoms with Crippen LogP contribution in [0.3, 0.4) is 0 Å². The molecular formula is C12H11N3O4. The van der Waals surface area contributed by atoms with E-state index in [1.54, 1.807) is 12.1 Å². The van der Waals surface area contributed by atoms with Crippen molar-refractivity contribution in [2.45, 2.75) is 12.8 Å². The van der Waals surface area contributed by atoms with Crippen LogP contribution in [0, 0.1) is 0 Å². The van der Waals surface area contributed by atoms with E-state index in [2.05, 4.69) is 15.5 Å². The average Bonchev–Trinajstić information content (AvgIpc) is 2.86. The summed E-state index contributed by atoms with van der Waals surface area (Å²) in [7, 11) is 0. The number of rotatable bonds is 5. The normalized spacial score (nSPS) is 10.1. The van der Waals surface area contributed by atoms with Gasteiger partial charge in [-0.3, -0.25) is 14.9 Å². The predicted molar refractivity (Wildman–Crippen MR) is 65.2 cm³/mol. The van der Waals surface area contributed by atoms with Crippen molar-refractivity contribution in [3.05, 3.63) is 30.3 Å². The van der Waals surface area contributed by atoms with Crippen LogP contribution < -0.4 is 5.32 Å². The molecule has 1 aromatic heterocycles. The minimum absolute atomic E-state index is 0.0470. The lowest BCUT2D eigenvalue weighted by molar-refractivity contribution is -0.138. The van der Waals surface area contributed by atoms with E-state index in [-0.39, 0.29) is 24.7 Å². The number of nitrogens with zero attached hydrogens (tertiary/aromatic N) is 2. The van der Waals surface area contributed by atoms with E-state index >= 15 is 0 Å². The van der Waals surface area contributed by atoms with Gasteiger partial charge in [0.25, 0.3) is 0 Å². The predicted octanol–water partition coefficient (Wildman–Crippen LogP) is 1.54. The molecule has 0 radical (unpaired) electrons. The molecule has 0 atom stereocenters. The first-order valence-electron chi connectivity index (χ1n) is 5.56. The molecule has 2 rings (SSSR count). The Morgan fingerprint density at radius 1 is 1.16 bits per heavy atom. The molecule has 0 aliphatic carbocycles. The number of hydrogen-bond donors (Lipinski definition) is 2. The van der Waals surface area contributed by atoms with Crippen molar-refractivity contribution in [1.82, 2.24) is 10.2 Å². The Labute approximate surface area is 108 Å². The first kappa shape index (κ1) is 12.7. The number of carbonyl (C=O) groups is 2. The van der Waals surface area contributed by atoms with Crippen molar-refractivity contribution in [3.8, 4) is 11.5 Å². The fourth-order valence-corrected chi connectivity index (χ4v) is 1.37. The summed E-state index contributed by atoms with van der Waals surface area (Å²) in [5.41, 5.74) is 0.737. The van der Waals surface area contributed by atoms with Crippen LogP contribution in [-0.2, 0) is 9.59 Å². The van der Waals surface area contributed by atoms with Crippen LogP contribution in [0.1, 0.15) is 12.8 Å². The van der Waals surface area contributed by atoms with E-state index < -0.39 is 11.9 Å². The summed E-state index contributed by atoms with van der Waals surface area (Å²) < 4.78 is 5.25. The van der Waals surface area contributed by atoms with E-state index in [9.17, 15) is 9.59 Å².